The van der Waals surface area contributed by atoms with Crippen molar-refractivity contribution in [3.63, 3.8) is 0 Å². The second-order valence-electron chi connectivity index (χ2n) is 7.80. The lowest BCUT2D eigenvalue weighted by Gasteiger charge is -2.25. The Labute approximate surface area is 166 Å². The summed E-state index contributed by atoms with van der Waals surface area (Å²) in [6, 6.07) is 10.8. The molecule has 0 atom stereocenters. The zero-order valence-corrected chi connectivity index (χ0v) is 17.7. The minimum Gasteiger partial charge on any atom is -0.317 e. The summed E-state index contributed by atoms with van der Waals surface area (Å²) in [6.07, 6.45) is 11.1. The maximum absolute atomic E-state index is 3.65. The largest absolute Gasteiger partial charge is 0.317 e. The van der Waals surface area contributed by atoms with Gasteiger partial charge in [0.25, 0.3) is 0 Å². The van der Waals surface area contributed by atoms with Crippen LogP contribution < -0.4 is 5.32 Å². The second-order valence-corrected chi connectivity index (χ2v) is 8.91. The maximum Gasteiger partial charge on any atom is 0.0184 e. The third-order valence-electron chi connectivity index (χ3n) is 5.40. The van der Waals surface area contributed by atoms with Gasteiger partial charge in [-0.2, -0.15) is 11.8 Å². The first-order valence-corrected chi connectivity index (χ1v) is 12.1. The van der Waals surface area contributed by atoms with Crippen LogP contribution in [0.3, 0.4) is 0 Å². The molecule has 1 aromatic rings. The molecule has 0 aliphatic heterocycles. The number of nitrogens with one attached hydrogen (secondary N) is 1. The van der Waals surface area contributed by atoms with Crippen molar-refractivity contribution in [1.82, 2.24) is 10.2 Å². The summed E-state index contributed by atoms with van der Waals surface area (Å²) in [7, 11) is 0. The third-order valence-corrected chi connectivity index (χ3v) is 6.52. The van der Waals surface area contributed by atoms with Gasteiger partial charge in [0.2, 0.25) is 0 Å². The van der Waals surface area contributed by atoms with Gasteiger partial charge in [-0.3, -0.25) is 0 Å². The first kappa shape index (κ1) is 21.8. The van der Waals surface area contributed by atoms with Gasteiger partial charge in [0.05, 0.1) is 0 Å². The van der Waals surface area contributed by atoms with Crippen LogP contribution in [0.1, 0.15) is 63.9 Å². The smallest absolute Gasteiger partial charge is 0.0184 e. The van der Waals surface area contributed by atoms with E-state index in [2.05, 4.69) is 59.2 Å². The van der Waals surface area contributed by atoms with E-state index in [1.54, 1.807) is 0 Å². The Balaban J connectivity index is 1.44. The lowest BCUT2D eigenvalue weighted by Crippen LogP contribution is -2.32. The van der Waals surface area contributed by atoms with Crippen molar-refractivity contribution in [3.8, 4) is 0 Å². The molecule has 2 nitrogen and oxygen atoms in total. The van der Waals surface area contributed by atoms with Gasteiger partial charge >= 0.3 is 0 Å². The number of unbranched alkanes of at least 4 members (excludes halogenated alkanes) is 1. The van der Waals surface area contributed by atoms with E-state index in [0.717, 1.165) is 11.7 Å². The molecule has 1 N–H and O–H groups in total. The molecule has 148 valence electrons. The van der Waals surface area contributed by atoms with Crippen molar-refractivity contribution >= 4 is 11.8 Å². The molecular weight excluding hydrogens is 336 g/mol. The van der Waals surface area contributed by atoms with E-state index in [-0.39, 0.29) is 0 Å². The van der Waals surface area contributed by atoms with Crippen LogP contribution in [0.4, 0.5) is 0 Å². The van der Waals surface area contributed by atoms with E-state index < -0.39 is 0 Å². The van der Waals surface area contributed by atoms with Crippen molar-refractivity contribution < 1.29 is 0 Å². The van der Waals surface area contributed by atoms with E-state index in [1.165, 1.54) is 95.4 Å². The summed E-state index contributed by atoms with van der Waals surface area (Å²) in [5, 5.41) is 3.65. The van der Waals surface area contributed by atoms with E-state index >= 15 is 0 Å². The number of benzene rings is 1. The molecule has 0 saturated heterocycles. The minimum atomic E-state index is 0.987. The van der Waals surface area contributed by atoms with Crippen LogP contribution >= 0.6 is 11.8 Å². The molecule has 0 unspecified atom stereocenters. The normalized spacial score (nSPS) is 15.2. The summed E-state index contributed by atoms with van der Waals surface area (Å²) in [6.45, 7) is 8.60. The van der Waals surface area contributed by atoms with Crippen LogP contribution in [0, 0.1) is 5.92 Å². The lowest BCUT2D eigenvalue weighted by molar-refractivity contribution is 0.225. The van der Waals surface area contributed by atoms with Gasteiger partial charge in [-0.15, -0.1) is 0 Å². The van der Waals surface area contributed by atoms with Crippen LogP contribution in [0.25, 0.3) is 0 Å². The predicted octanol–water partition coefficient (Wildman–Crippen LogP) is 5.58. The average Bonchev–Trinajstić information content (AvgIpc) is 3.18. The molecule has 0 radical (unpaired) electrons. The summed E-state index contributed by atoms with van der Waals surface area (Å²) >= 11 is 2.05. The summed E-state index contributed by atoms with van der Waals surface area (Å²) in [5.41, 5.74) is 1.44. The Morgan fingerprint density at radius 1 is 1.00 bits per heavy atom. The van der Waals surface area contributed by atoms with Crippen molar-refractivity contribution in [2.24, 2.45) is 5.92 Å². The number of hydrogen-bond acceptors (Lipinski definition) is 3. The first-order chi connectivity index (χ1) is 12.9. The number of nitrogens with zero attached hydrogens (tertiary/aromatic N) is 1. The Kier molecular flexibility index (Phi) is 12.2. The molecule has 3 heteroatoms. The highest BCUT2D eigenvalue weighted by atomic mass is 32.2. The molecule has 0 bridgehead atoms. The van der Waals surface area contributed by atoms with Gasteiger partial charge in [0, 0.05) is 12.3 Å². The SMILES string of the molecule is CCCCN(CCCNCCCSCc1ccccc1)CC1CCCC1. The van der Waals surface area contributed by atoms with Gasteiger partial charge in [-0.25, -0.2) is 0 Å². The van der Waals surface area contributed by atoms with E-state index in [9.17, 15) is 0 Å². The van der Waals surface area contributed by atoms with Gasteiger partial charge < -0.3 is 10.2 Å². The molecule has 0 amide bonds. The quantitative estimate of drug-likeness (QED) is 0.402. The predicted molar refractivity (Wildman–Crippen MR) is 118 cm³/mol. The van der Waals surface area contributed by atoms with Crippen LogP contribution in [-0.4, -0.2) is 43.4 Å². The third kappa shape index (κ3) is 9.99. The highest BCUT2D eigenvalue weighted by Gasteiger charge is 2.17. The lowest BCUT2D eigenvalue weighted by atomic mass is 10.1. The molecule has 2 rings (SSSR count). The van der Waals surface area contributed by atoms with Gasteiger partial charge in [0.1, 0.15) is 0 Å². The van der Waals surface area contributed by atoms with E-state index in [4.69, 9.17) is 0 Å². The summed E-state index contributed by atoms with van der Waals surface area (Å²) in [5.74, 6) is 3.39. The van der Waals surface area contributed by atoms with Gasteiger partial charge in [0.15, 0.2) is 0 Å². The molecule has 0 aromatic heterocycles. The monoisotopic (exact) mass is 376 g/mol. The topological polar surface area (TPSA) is 15.3 Å². The highest BCUT2D eigenvalue weighted by molar-refractivity contribution is 7.98. The Hall–Kier alpha value is -0.510. The molecule has 1 aliphatic rings. The Bertz CT molecular complexity index is 431. The summed E-state index contributed by atoms with van der Waals surface area (Å²) < 4.78 is 0. The first-order valence-electron chi connectivity index (χ1n) is 10.9. The van der Waals surface area contributed by atoms with Crippen LogP contribution in [0.2, 0.25) is 0 Å². The van der Waals surface area contributed by atoms with E-state index in [0.29, 0.717) is 0 Å². The number of thioether (sulfide) groups is 1. The van der Waals surface area contributed by atoms with Crippen LogP contribution in [0.15, 0.2) is 30.3 Å². The Morgan fingerprint density at radius 3 is 2.50 bits per heavy atom. The molecule has 0 heterocycles. The van der Waals surface area contributed by atoms with Crippen LogP contribution in [0.5, 0.6) is 0 Å². The molecule has 0 spiro atoms. The van der Waals surface area contributed by atoms with Crippen molar-refractivity contribution in [2.75, 3.05) is 38.5 Å². The standard InChI is InChI=1S/C23H40N2S/c1-2-3-17-25(20-22-11-7-8-12-22)18-9-15-24-16-10-19-26-21-23-13-5-4-6-14-23/h4-6,13-14,22,24H,2-3,7-12,15-21H2,1H3. The fourth-order valence-corrected chi connectivity index (χ4v) is 4.77. The zero-order valence-electron chi connectivity index (χ0n) is 16.9. The molecule has 1 aliphatic carbocycles. The van der Waals surface area contributed by atoms with Crippen molar-refractivity contribution in [3.05, 3.63) is 35.9 Å². The van der Waals surface area contributed by atoms with Crippen molar-refractivity contribution in [2.45, 2.75) is 64.0 Å². The highest BCUT2D eigenvalue weighted by Crippen LogP contribution is 2.25. The molecule has 1 aromatic carbocycles. The maximum atomic E-state index is 3.65. The number of rotatable bonds is 15. The molecular formula is C23H40N2S. The van der Waals surface area contributed by atoms with Gasteiger partial charge in [-0.05, 0) is 75.5 Å². The van der Waals surface area contributed by atoms with Crippen LogP contribution in [-0.2, 0) is 5.75 Å². The summed E-state index contributed by atoms with van der Waals surface area (Å²) in [4.78, 5) is 2.75. The van der Waals surface area contributed by atoms with E-state index in [1.807, 2.05) is 0 Å². The molecule has 1 fully saturated rings. The molecule has 26 heavy (non-hydrogen) atoms. The average molecular weight is 377 g/mol. The number of hydrogen-bond donors (Lipinski definition) is 1. The minimum absolute atomic E-state index is 0.987. The fourth-order valence-electron chi connectivity index (χ4n) is 3.85. The second kappa shape index (κ2) is 14.5. The zero-order chi connectivity index (χ0) is 18.3. The molecule has 1 saturated carbocycles. The fraction of sp³-hybridized carbons (Fsp3) is 0.739. The van der Waals surface area contributed by atoms with Crippen molar-refractivity contribution in [1.29, 1.82) is 0 Å². The van der Waals surface area contributed by atoms with Gasteiger partial charge in [-0.1, -0.05) is 56.5 Å². The Morgan fingerprint density at radius 2 is 1.73 bits per heavy atom.